The van der Waals surface area contributed by atoms with Crippen LogP contribution in [0.2, 0.25) is 0 Å². The summed E-state index contributed by atoms with van der Waals surface area (Å²) in [7, 11) is 3.94. The first-order valence-electron chi connectivity index (χ1n) is 22.2. The summed E-state index contributed by atoms with van der Waals surface area (Å²) in [5.41, 5.74) is 2.76. The molecule has 1 aliphatic carbocycles. The normalized spacial score (nSPS) is 21.8. The zero-order chi connectivity index (χ0) is 44.4. The highest BCUT2D eigenvalue weighted by atomic mass is 19.3. The molecule has 0 radical (unpaired) electrons. The van der Waals surface area contributed by atoms with E-state index in [1.54, 1.807) is 27.1 Å². The van der Waals surface area contributed by atoms with Crippen LogP contribution in [0.5, 0.6) is 0 Å². The topological polar surface area (TPSA) is 169 Å². The van der Waals surface area contributed by atoms with E-state index in [1.807, 2.05) is 25.1 Å². The molecule has 3 atom stereocenters. The molecule has 2 N–H and O–H groups in total. The van der Waals surface area contributed by atoms with Crippen molar-refractivity contribution in [1.82, 2.24) is 48.6 Å². The molecular weight excluding hydrogens is 815 g/mol. The van der Waals surface area contributed by atoms with Crippen molar-refractivity contribution >= 4 is 45.9 Å². The number of anilines is 2. The number of aromatic nitrogens is 7. The van der Waals surface area contributed by atoms with Crippen LogP contribution >= 0.6 is 0 Å². The molecule has 0 bridgehead atoms. The number of hydrogen-bond acceptors (Lipinski definition) is 11. The minimum absolute atomic E-state index is 0.0258. The number of alkyl halides is 2. The quantitative estimate of drug-likeness (QED) is 0.186. The number of nitrogens with one attached hydrogen (secondary N) is 2. The smallest absolute Gasteiger partial charge is 0.329 e. The highest BCUT2D eigenvalue weighted by molar-refractivity contribution is 6.08. The van der Waals surface area contributed by atoms with Gasteiger partial charge in [-0.1, -0.05) is 31.4 Å². The minimum atomic E-state index is -2.79. The van der Waals surface area contributed by atoms with Gasteiger partial charge in [0.1, 0.15) is 17.4 Å². The van der Waals surface area contributed by atoms with Gasteiger partial charge in [0.25, 0.3) is 12.3 Å². The van der Waals surface area contributed by atoms with Gasteiger partial charge >= 0.3 is 5.69 Å². The van der Waals surface area contributed by atoms with Crippen LogP contribution in [-0.2, 0) is 27.8 Å². The molecule has 0 spiro atoms. The first-order chi connectivity index (χ1) is 30.4. The fourth-order valence-electron chi connectivity index (χ4n) is 9.40. The van der Waals surface area contributed by atoms with Gasteiger partial charge in [0.15, 0.2) is 11.3 Å². The largest absolute Gasteiger partial charge is 0.377 e. The number of ether oxygens (including phenoxy) is 1. The lowest BCUT2D eigenvalue weighted by Crippen LogP contribution is -2.50. The Hall–Kier alpha value is -5.53. The lowest BCUT2D eigenvalue weighted by molar-refractivity contribution is -0.135. The van der Waals surface area contributed by atoms with Crippen LogP contribution in [0.1, 0.15) is 105 Å². The van der Waals surface area contributed by atoms with Crippen molar-refractivity contribution in [3.05, 3.63) is 70.2 Å². The number of morpholine rings is 1. The van der Waals surface area contributed by atoms with E-state index < -0.39 is 30.0 Å². The van der Waals surface area contributed by atoms with Crippen LogP contribution in [0, 0.1) is 0 Å². The number of para-hydroxylation sites is 1. The number of imidazole rings is 1. The van der Waals surface area contributed by atoms with E-state index in [9.17, 15) is 28.0 Å². The predicted octanol–water partition coefficient (Wildman–Crippen LogP) is 4.73. The summed E-state index contributed by atoms with van der Waals surface area (Å²) in [6, 6.07) is 7.93. The lowest BCUT2D eigenvalue weighted by Gasteiger charge is -2.37. The summed E-state index contributed by atoms with van der Waals surface area (Å²) in [5, 5.41) is 13.3. The molecule has 5 aromatic rings. The first kappa shape index (κ1) is 44.1. The number of nitrogens with zero attached hydrogens (tertiary/aromatic N) is 10. The molecule has 4 aromatic heterocycles. The number of likely N-dealkylation sites (N-methyl/N-ethyl adjacent to an activating group) is 1. The lowest BCUT2D eigenvalue weighted by atomic mass is 9.96. The van der Waals surface area contributed by atoms with Crippen molar-refractivity contribution in [1.29, 1.82) is 0 Å². The summed E-state index contributed by atoms with van der Waals surface area (Å²) < 4.78 is 39.1. The average Bonchev–Trinajstić information content (AvgIpc) is 3.97. The standard InChI is InChI=1S/C22H27F2N7O2.C22H31N5O3/c1-14-13-33-10-9-29(14)18-7-8-30-21(27-18)16(11-25-30)22(32)26-17-12-31(28-19(17)20(23)24)15-5-3-2-4-6-15;1-15-14-26(13-12-24(15)2)11-5-7-16-6-4-8-17-20(16)25(3)22(30)27(17)18-9-10-19(28)23-21(18)29/h7-8,11-12,14-15,20H,2-6,9-10,13H2,1H3,(H,26,32);4,6,8,15,18H,5,7,9-14H2,1-3H3,(H,23,28,29)/t14-;/m1./s1. The second-order valence-electron chi connectivity index (χ2n) is 17.4. The summed E-state index contributed by atoms with van der Waals surface area (Å²) in [5.74, 6) is -0.500. The van der Waals surface area contributed by atoms with Gasteiger partial charge in [0, 0.05) is 58.1 Å². The Labute approximate surface area is 364 Å². The number of hydrogen-bond donors (Lipinski definition) is 2. The Morgan fingerprint density at radius 3 is 2.57 bits per heavy atom. The zero-order valence-corrected chi connectivity index (χ0v) is 36.5. The maximum absolute atomic E-state index is 13.7. The van der Waals surface area contributed by atoms with E-state index >= 15 is 0 Å². The number of piperazine rings is 1. The number of fused-ring (bicyclic) bond motifs is 2. The first-order valence-corrected chi connectivity index (χ1v) is 22.2. The van der Waals surface area contributed by atoms with Gasteiger partial charge in [-0.2, -0.15) is 10.2 Å². The third-order valence-electron chi connectivity index (χ3n) is 13.1. The second-order valence-corrected chi connectivity index (χ2v) is 17.4. The molecule has 9 rings (SSSR count). The van der Waals surface area contributed by atoms with Crippen molar-refractivity contribution in [3.63, 3.8) is 0 Å². The van der Waals surface area contributed by atoms with E-state index in [0.717, 1.165) is 87.7 Å². The second kappa shape index (κ2) is 19.1. The number of imide groups is 1. The highest BCUT2D eigenvalue weighted by Crippen LogP contribution is 2.33. The van der Waals surface area contributed by atoms with Gasteiger partial charge < -0.3 is 24.8 Å². The predicted molar refractivity (Wildman–Crippen MR) is 233 cm³/mol. The minimum Gasteiger partial charge on any atom is -0.377 e. The number of halogens is 2. The Balaban J connectivity index is 0.000000174. The SMILES string of the molecule is CC1CN(CCCc2cccc3c2n(C)c(=O)n3C2CCC(=O)NC2=O)CCN1C.C[C@@H]1COCCN1c1ccn2ncc(C(=O)Nc3cn(C4CCCCC4)nc3C(F)F)c2n1. The van der Waals surface area contributed by atoms with E-state index in [4.69, 9.17) is 4.74 Å². The molecule has 3 amide bonds. The molecule has 2 unspecified atom stereocenters. The third kappa shape index (κ3) is 9.41. The van der Waals surface area contributed by atoms with Crippen LogP contribution in [0.4, 0.5) is 20.3 Å². The van der Waals surface area contributed by atoms with Crippen LogP contribution in [0.3, 0.4) is 0 Å². The molecule has 4 aliphatic rings. The molecule has 19 heteroatoms. The molecule has 1 saturated carbocycles. The van der Waals surface area contributed by atoms with Crippen molar-refractivity contribution in [2.24, 2.45) is 7.05 Å². The molecule has 338 valence electrons. The molecule has 3 aliphatic heterocycles. The number of benzene rings is 1. The number of carbonyl (C=O) groups excluding carboxylic acids is 3. The maximum Gasteiger partial charge on any atom is 0.329 e. The molecule has 1 aromatic carbocycles. The van der Waals surface area contributed by atoms with Crippen molar-refractivity contribution < 1.29 is 27.9 Å². The van der Waals surface area contributed by atoms with Gasteiger partial charge in [-0.25, -0.2) is 23.1 Å². The van der Waals surface area contributed by atoms with E-state index in [0.29, 0.717) is 43.7 Å². The van der Waals surface area contributed by atoms with E-state index in [2.05, 4.69) is 60.6 Å². The van der Waals surface area contributed by atoms with Gasteiger partial charge in [-0.3, -0.25) is 33.5 Å². The van der Waals surface area contributed by atoms with E-state index in [-0.39, 0.29) is 41.4 Å². The van der Waals surface area contributed by atoms with Gasteiger partial charge in [0.05, 0.1) is 48.2 Å². The van der Waals surface area contributed by atoms with Gasteiger partial charge in [-0.15, -0.1) is 0 Å². The Bertz CT molecular complexity index is 2510. The summed E-state index contributed by atoms with van der Waals surface area (Å²) in [6.45, 7) is 10.5. The Morgan fingerprint density at radius 1 is 1.02 bits per heavy atom. The number of piperidine rings is 1. The monoisotopic (exact) mass is 872 g/mol. The third-order valence-corrected chi connectivity index (χ3v) is 13.1. The summed E-state index contributed by atoms with van der Waals surface area (Å²) in [4.78, 5) is 61.6. The van der Waals surface area contributed by atoms with Gasteiger partial charge in [0.2, 0.25) is 11.8 Å². The fourth-order valence-corrected chi connectivity index (χ4v) is 9.40. The zero-order valence-electron chi connectivity index (χ0n) is 36.5. The Morgan fingerprint density at radius 2 is 1.83 bits per heavy atom. The number of amides is 3. The van der Waals surface area contributed by atoms with Crippen molar-refractivity contribution in [2.75, 3.05) is 63.2 Å². The van der Waals surface area contributed by atoms with Crippen LogP contribution in [0.25, 0.3) is 16.7 Å². The molecule has 7 heterocycles. The summed E-state index contributed by atoms with van der Waals surface area (Å²) >= 11 is 0. The van der Waals surface area contributed by atoms with Crippen molar-refractivity contribution in [3.8, 4) is 0 Å². The molecule has 3 saturated heterocycles. The van der Waals surface area contributed by atoms with Crippen LogP contribution in [0.15, 0.2) is 47.7 Å². The Kier molecular flexibility index (Phi) is 13.3. The van der Waals surface area contributed by atoms with Gasteiger partial charge in [-0.05, 0) is 77.2 Å². The summed E-state index contributed by atoms with van der Waals surface area (Å²) in [6.07, 6.45) is 9.43. The highest BCUT2D eigenvalue weighted by Gasteiger charge is 2.32. The number of carbonyl (C=O) groups is 3. The molecule has 4 fully saturated rings. The fraction of sp³-hybridized carbons (Fsp3) is 0.568. The number of aryl methyl sites for hydroxylation is 2. The van der Waals surface area contributed by atoms with Crippen LogP contribution in [-0.4, -0.2) is 126 Å². The van der Waals surface area contributed by atoms with Crippen molar-refractivity contribution in [2.45, 2.75) is 102 Å². The maximum atomic E-state index is 13.7. The molecular formula is C44H58F2N12O5. The average molecular weight is 873 g/mol. The van der Waals surface area contributed by atoms with Crippen LogP contribution < -0.4 is 21.2 Å². The number of rotatable bonds is 10. The van der Waals surface area contributed by atoms with E-state index in [1.165, 1.54) is 16.9 Å². The molecule has 17 nitrogen and oxygen atoms in total. The molecule has 63 heavy (non-hydrogen) atoms.